The molecule has 0 aromatic heterocycles. The second-order valence-electron chi connectivity index (χ2n) is 10.1. The van der Waals surface area contributed by atoms with Crippen molar-refractivity contribution < 1.29 is 16.8 Å². The van der Waals surface area contributed by atoms with Crippen LogP contribution < -0.4 is 0 Å². The van der Waals surface area contributed by atoms with Gasteiger partial charge < -0.3 is 9.80 Å². The van der Waals surface area contributed by atoms with Crippen LogP contribution in [0.4, 0.5) is 0 Å². The first-order valence-electron chi connectivity index (χ1n) is 12.9. The second-order valence-corrected chi connectivity index (χ2v) is 13.9. The van der Waals surface area contributed by atoms with Gasteiger partial charge in [-0.3, -0.25) is 0 Å². The Labute approximate surface area is 215 Å². The average molecular weight is 533 g/mol. The highest BCUT2D eigenvalue weighted by Crippen LogP contribution is 2.36. The summed E-state index contributed by atoms with van der Waals surface area (Å²) in [5, 5.41) is 0. The van der Waals surface area contributed by atoms with Gasteiger partial charge in [0, 0.05) is 56.4 Å². The predicted molar refractivity (Wildman–Crippen MR) is 141 cm³/mol. The molecule has 2 aromatic rings. The Morgan fingerprint density at radius 3 is 1.56 bits per heavy atom. The average Bonchev–Trinajstić information content (AvgIpc) is 3.44. The van der Waals surface area contributed by atoms with Crippen LogP contribution in [0.3, 0.4) is 0 Å². The van der Waals surface area contributed by atoms with Gasteiger partial charge in [-0.2, -0.15) is 8.61 Å². The van der Waals surface area contributed by atoms with E-state index in [1.807, 2.05) is 7.05 Å². The van der Waals surface area contributed by atoms with Gasteiger partial charge in [0.25, 0.3) is 0 Å². The lowest BCUT2D eigenvalue weighted by Gasteiger charge is -2.36. The normalized spacial score (nSPS) is 22.2. The van der Waals surface area contributed by atoms with Crippen molar-refractivity contribution in [2.45, 2.75) is 41.5 Å². The topological polar surface area (TPSA) is 81.2 Å². The van der Waals surface area contributed by atoms with E-state index in [2.05, 4.69) is 9.80 Å². The minimum atomic E-state index is -3.78. The largest absolute Gasteiger partial charge is 0.304 e. The molecule has 196 valence electrons. The fourth-order valence-corrected chi connectivity index (χ4v) is 8.99. The molecule has 3 aliphatic heterocycles. The third-order valence-corrected chi connectivity index (χ3v) is 11.8. The highest BCUT2D eigenvalue weighted by atomic mass is 32.2. The number of rotatable bonds is 6. The summed E-state index contributed by atoms with van der Waals surface area (Å²) in [7, 11) is -5.58. The molecule has 3 heterocycles. The van der Waals surface area contributed by atoms with Gasteiger partial charge in [0.15, 0.2) is 0 Å². The van der Waals surface area contributed by atoms with Crippen LogP contribution >= 0.6 is 0 Å². The van der Waals surface area contributed by atoms with Crippen LogP contribution in [0.25, 0.3) is 11.1 Å². The monoisotopic (exact) mass is 532 g/mol. The zero-order valence-electron chi connectivity index (χ0n) is 20.9. The van der Waals surface area contributed by atoms with Crippen LogP contribution in [-0.4, -0.2) is 101 Å². The molecule has 0 saturated carbocycles. The molecule has 0 atom stereocenters. The number of piperidine rings is 1. The first-order valence-corrected chi connectivity index (χ1v) is 15.8. The van der Waals surface area contributed by atoms with Gasteiger partial charge in [0.2, 0.25) is 20.0 Å². The van der Waals surface area contributed by atoms with Crippen molar-refractivity contribution in [3.8, 4) is 11.1 Å². The summed E-state index contributed by atoms with van der Waals surface area (Å²) in [6.07, 6.45) is 4.11. The number of hydrogen-bond donors (Lipinski definition) is 0. The van der Waals surface area contributed by atoms with E-state index in [4.69, 9.17) is 0 Å². The minimum Gasteiger partial charge on any atom is -0.304 e. The molecule has 8 nitrogen and oxygen atoms in total. The van der Waals surface area contributed by atoms with Gasteiger partial charge >= 0.3 is 0 Å². The first kappa shape index (κ1) is 25.8. The Balaban J connectivity index is 1.45. The van der Waals surface area contributed by atoms with E-state index >= 15 is 0 Å². The van der Waals surface area contributed by atoms with Crippen molar-refractivity contribution in [3.63, 3.8) is 0 Å². The zero-order valence-corrected chi connectivity index (χ0v) is 22.6. The van der Waals surface area contributed by atoms with E-state index in [-0.39, 0.29) is 9.79 Å². The molecule has 0 bridgehead atoms. The van der Waals surface area contributed by atoms with Gasteiger partial charge in [-0.15, -0.1) is 0 Å². The molecule has 3 fully saturated rings. The van der Waals surface area contributed by atoms with E-state index in [1.54, 1.807) is 52.8 Å². The number of likely N-dealkylation sites (N-methyl/N-ethyl adjacent to an activating group) is 1. The van der Waals surface area contributed by atoms with Crippen LogP contribution in [0.15, 0.2) is 58.3 Å². The smallest absolute Gasteiger partial charge is 0.243 e. The Hall–Kier alpha value is -1.82. The molecule has 10 heteroatoms. The molecule has 0 N–H and O–H groups in total. The quantitative estimate of drug-likeness (QED) is 0.569. The van der Waals surface area contributed by atoms with Crippen LogP contribution in [0.2, 0.25) is 0 Å². The highest BCUT2D eigenvalue weighted by molar-refractivity contribution is 7.89. The minimum absolute atomic E-state index is 0.157. The van der Waals surface area contributed by atoms with Crippen molar-refractivity contribution in [2.75, 3.05) is 59.4 Å². The fourth-order valence-electron chi connectivity index (χ4n) is 5.69. The fraction of sp³-hybridized carbons (Fsp3) is 0.538. The van der Waals surface area contributed by atoms with E-state index in [9.17, 15) is 16.8 Å². The van der Waals surface area contributed by atoms with Gasteiger partial charge in [0.05, 0.1) is 9.79 Å². The third kappa shape index (κ3) is 4.99. The summed E-state index contributed by atoms with van der Waals surface area (Å²) in [5.41, 5.74) is 0.870. The predicted octanol–water partition coefficient (Wildman–Crippen LogP) is 2.54. The number of benzene rings is 2. The Bertz CT molecular complexity index is 1280. The molecule has 3 saturated heterocycles. The molecular formula is C26H36N4O4S2. The summed E-state index contributed by atoms with van der Waals surface area (Å²) >= 11 is 0. The number of likely N-dealkylation sites (tertiary alicyclic amines) is 1. The lowest BCUT2D eigenvalue weighted by Crippen LogP contribution is -2.47. The Morgan fingerprint density at radius 1 is 0.611 bits per heavy atom. The standard InChI is InChI=1S/C26H36N4O4S2/c1-27-18-20-30(21-19-27)36(33,34)26-11-5-3-9-24(26)23-8-2-4-10-25(23)35(31,32)29-16-12-22(13-17-29)28-14-6-7-15-28/h2-5,8-11,22H,6-7,12-21H2,1H3. The molecule has 2 aromatic carbocycles. The lowest BCUT2D eigenvalue weighted by molar-refractivity contribution is 0.168. The van der Waals surface area contributed by atoms with E-state index in [1.165, 1.54) is 17.1 Å². The lowest BCUT2D eigenvalue weighted by atomic mass is 10.1. The van der Waals surface area contributed by atoms with Gasteiger partial charge in [-0.1, -0.05) is 36.4 Å². The molecule has 5 rings (SSSR count). The molecule has 0 spiro atoms. The van der Waals surface area contributed by atoms with Gasteiger partial charge in [-0.05, 0) is 58.0 Å². The van der Waals surface area contributed by atoms with Crippen LogP contribution in [-0.2, 0) is 20.0 Å². The van der Waals surface area contributed by atoms with Gasteiger partial charge in [-0.25, -0.2) is 16.8 Å². The third-order valence-electron chi connectivity index (χ3n) is 7.84. The second kappa shape index (κ2) is 10.5. The van der Waals surface area contributed by atoms with Crippen LogP contribution in [0.5, 0.6) is 0 Å². The highest BCUT2D eigenvalue weighted by Gasteiger charge is 2.35. The first-order chi connectivity index (χ1) is 17.3. The molecule has 0 amide bonds. The summed E-state index contributed by atoms with van der Waals surface area (Å²) in [4.78, 5) is 4.93. The number of piperazine rings is 1. The van der Waals surface area contributed by atoms with Crippen LogP contribution in [0.1, 0.15) is 25.7 Å². The van der Waals surface area contributed by atoms with Crippen molar-refractivity contribution in [1.29, 1.82) is 0 Å². The molecule has 3 aliphatic rings. The summed E-state index contributed by atoms with van der Waals surface area (Å²) in [6.45, 7) is 5.35. The molecular weight excluding hydrogens is 496 g/mol. The van der Waals surface area contributed by atoms with Crippen molar-refractivity contribution in [1.82, 2.24) is 18.4 Å². The molecule has 36 heavy (non-hydrogen) atoms. The Kier molecular flexibility index (Phi) is 7.54. The van der Waals surface area contributed by atoms with Crippen molar-refractivity contribution in [2.24, 2.45) is 0 Å². The van der Waals surface area contributed by atoms with E-state index < -0.39 is 20.0 Å². The number of hydrogen-bond acceptors (Lipinski definition) is 6. The molecule has 0 aliphatic carbocycles. The summed E-state index contributed by atoms with van der Waals surface area (Å²) in [6, 6.07) is 14.0. The van der Waals surface area contributed by atoms with Crippen LogP contribution in [0, 0.1) is 0 Å². The molecule has 0 unspecified atom stereocenters. The maximum absolute atomic E-state index is 13.9. The zero-order chi connectivity index (χ0) is 25.3. The number of sulfonamides is 2. The summed E-state index contributed by atoms with van der Waals surface area (Å²) in [5.74, 6) is 0. The summed E-state index contributed by atoms with van der Waals surface area (Å²) < 4.78 is 58.1. The number of nitrogens with zero attached hydrogens (tertiary/aromatic N) is 4. The van der Waals surface area contributed by atoms with Crippen molar-refractivity contribution in [3.05, 3.63) is 48.5 Å². The maximum Gasteiger partial charge on any atom is 0.243 e. The van der Waals surface area contributed by atoms with Crippen molar-refractivity contribution >= 4 is 20.0 Å². The van der Waals surface area contributed by atoms with Gasteiger partial charge in [0.1, 0.15) is 0 Å². The molecule has 0 radical (unpaired) electrons. The SMILES string of the molecule is CN1CCN(S(=O)(=O)c2ccccc2-c2ccccc2S(=O)(=O)N2CCC(N3CCCC3)CC2)CC1. The van der Waals surface area contributed by atoms with E-state index in [0.717, 1.165) is 25.9 Å². The Morgan fingerprint density at radius 2 is 1.06 bits per heavy atom. The maximum atomic E-state index is 13.9. The van der Waals surface area contributed by atoms with E-state index in [0.29, 0.717) is 56.4 Å².